The second kappa shape index (κ2) is 11.7. The van der Waals surface area contributed by atoms with E-state index in [1.54, 1.807) is 24.8 Å². The van der Waals surface area contributed by atoms with Crippen molar-refractivity contribution in [2.75, 3.05) is 0 Å². The first-order valence-electron chi connectivity index (χ1n) is 5.92. The van der Waals surface area contributed by atoms with Gasteiger partial charge in [0.2, 0.25) is 32.6 Å². The van der Waals surface area contributed by atoms with Crippen LogP contribution in [0.4, 0.5) is 0 Å². The smallest absolute Gasteiger partial charge is 0.725 e. The quantitative estimate of drug-likeness (QED) is 0.302. The van der Waals surface area contributed by atoms with Gasteiger partial charge in [0.1, 0.15) is 12.7 Å². The molecule has 0 aliphatic carbocycles. The Bertz CT molecular complexity index is 803. The zero-order valence-corrected chi connectivity index (χ0v) is 18.1. The Morgan fingerprint density at radius 3 is 1.23 bits per heavy atom. The SMILES string of the molecule is CC(=O)n1ccnc1.CC(=O)n1ccnc1.O=S(=O)([O-])OS(=O)(=O)[O-].[Zn+2]. The van der Waals surface area contributed by atoms with Crippen LogP contribution in [-0.2, 0) is 43.9 Å². The van der Waals surface area contributed by atoms with Crippen molar-refractivity contribution < 1.29 is 58.6 Å². The minimum Gasteiger partial charge on any atom is -0.725 e. The van der Waals surface area contributed by atoms with Crippen LogP contribution in [0.2, 0.25) is 0 Å². The normalized spacial score (nSPS) is 10.3. The van der Waals surface area contributed by atoms with Gasteiger partial charge in [-0.3, -0.25) is 18.7 Å². The molecule has 2 heterocycles. The van der Waals surface area contributed by atoms with Crippen molar-refractivity contribution in [3.8, 4) is 0 Å². The Kier molecular flexibility index (Phi) is 11.9. The molecular weight excluding hydrogens is 450 g/mol. The van der Waals surface area contributed by atoms with Crippen molar-refractivity contribution in [1.82, 2.24) is 19.1 Å². The molecule has 0 atom stereocenters. The van der Waals surface area contributed by atoms with E-state index in [0.29, 0.717) is 0 Å². The van der Waals surface area contributed by atoms with E-state index in [0.717, 1.165) is 0 Å². The van der Waals surface area contributed by atoms with Gasteiger partial charge in [0.05, 0.1) is 0 Å². The summed E-state index contributed by atoms with van der Waals surface area (Å²) in [5, 5.41) is 0. The average molecular weight is 462 g/mol. The van der Waals surface area contributed by atoms with Gasteiger partial charge >= 0.3 is 19.5 Å². The summed E-state index contributed by atoms with van der Waals surface area (Å²) < 4.78 is 61.0. The number of rotatable bonds is 2. The van der Waals surface area contributed by atoms with Crippen LogP contribution in [0.3, 0.4) is 0 Å². The molecule has 0 aliphatic rings. The van der Waals surface area contributed by atoms with Gasteiger partial charge in [-0.25, -0.2) is 26.8 Å². The summed E-state index contributed by atoms with van der Waals surface area (Å²) in [6.45, 7) is 2.98. The number of carbonyl (C=O) groups excluding carboxylic acids is 2. The molecule has 26 heavy (non-hydrogen) atoms. The molecule has 0 radical (unpaired) electrons. The molecule has 2 rings (SSSR count). The molecule has 0 amide bonds. The summed E-state index contributed by atoms with van der Waals surface area (Å²) in [6, 6.07) is 0. The van der Waals surface area contributed by atoms with Gasteiger partial charge in [0.25, 0.3) is 0 Å². The second-order valence-electron chi connectivity index (χ2n) is 3.86. The molecule has 2 aromatic heterocycles. The van der Waals surface area contributed by atoms with E-state index in [2.05, 4.69) is 13.6 Å². The molecule has 140 valence electrons. The first-order chi connectivity index (χ1) is 11.3. The van der Waals surface area contributed by atoms with E-state index in [-0.39, 0.29) is 31.3 Å². The van der Waals surface area contributed by atoms with Crippen molar-refractivity contribution >= 4 is 32.6 Å². The maximum atomic E-state index is 10.4. The molecule has 0 saturated carbocycles. The third-order valence-corrected chi connectivity index (χ3v) is 3.24. The maximum absolute atomic E-state index is 10.4. The Morgan fingerprint density at radius 1 is 0.846 bits per heavy atom. The molecule has 0 spiro atoms. The minimum atomic E-state index is -5.43. The van der Waals surface area contributed by atoms with Crippen LogP contribution in [0.1, 0.15) is 23.4 Å². The molecule has 0 bridgehead atoms. The minimum absolute atomic E-state index is 0. The Labute approximate surface area is 161 Å². The predicted octanol–water partition coefficient (Wildman–Crippen LogP) is -0.993. The summed E-state index contributed by atoms with van der Waals surface area (Å²) in [4.78, 5) is 28.2. The van der Waals surface area contributed by atoms with Gasteiger partial charge in [-0.15, -0.1) is 0 Å². The maximum Gasteiger partial charge on any atom is 2.00 e. The molecular formula is C10H12N4O9S2Zn. The molecule has 0 unspecified atom stereocenters. The van der Waals surface area contributed by atoms with Crippen molar-refractivity contribution in [3.63, 3.8) is 0 Å². The van der Waals surface area contributed by atoms with Crippen LogP contribution in [0, 0.1) is 0 Å². The zero-order valence-electron chi connectivity index (χ0n) is 13.5. The third-order valence-electron chi connectivity index (χ3n) is 1.90. The van der Waals surface area contributed by atoms with Crippen molar-refractivity contribution in [1.29, 1.82) is 0 Å². The number of imidazole rings is 2. The van der Waals surface area contributed by atoms with Crippen LogP contribution in [0.5, 0.6) is 0 Å². The molecule has 16 heteroatoms. The molecule has 0 N–H and O–H groups in total. The number of nitrogens with zero attached hydrogens (tertiary/aromatic N) is 4. The van der Waals surface area contributed by atoms with Crippen molar-refractivity contribution in [2.45, 2.75) is 13.8 Å². The van der Waals surface area contributed by atoms with Crippen LogP contribution < -0.4 is 0 Å². The largest absolute Gasteiger partial charge is 2.00 e. The third kappa shape index (κ3) is 14.5. The van der Waals surface area contributed by atoms with Gasteiger partial charge in [0.15, 0.2) is 0 Å². The molecule has 0 fully saturated rings. The van der Waals surface area contributed by atoms with Crippen LogP contribution >= 0.6 is 0 Å². The van der Waals surface area contributed by atoms with Gasteiger partial charge in [-0.2, -0.15) is 3.63 Å². The monoisotopic (exact) mass is 460 g/mol. The molecule has 0 aromatic carbocycles. The fraction of sp³-hybridized carbons (Fsp3) is 0.200. The van der Waals surface area contributed by atoms with Crippen molar-refractivity contribution in [2.24, 2.45) is 0 Å². The standard InChI is InChI=1S/2C5H6N2O.H2O7S2.Zn/c2*1-5(8)7-3-2-6-4-7;1-8(2,3)7-9(4,5)6;/h2*2-4H,1H3;(H,1,2,3)(H,4,5,6);/q;;;+2/p-2. The molecule has 2 aromatic rings. The second-order valence-corrected chi connectivity index (χ2v) is 6.04. The number of hydrogen-bond donors (Lipinski definition) is 0. The molecule has 13 nitrogen and oxygen atoms in total. The van der Waals surface area contributed by atoms with E-state index in [4.69, 9.17) is 0 Å². The average Bonchev–Trinajstić information content (AvgIpc) is 3.10. The summed E-state index contributed by atoms with van der Waals surface area (Å²) >= 11 is 0. The van der Waals surface area contributed by atoms with E-state index >= 15 is 0 Å². The van der Waals surface area contributed by atoms with Crippen LogP contribution in [0.15, 0.2) is 37.4 Å². The van der Waals surface area contributed by atoms with E-state index in [1.807, 2.05) is 0 Å². The summed E-state index contributed by atoms with van der Waals surface area (Å²) in [7, 11) is -10.9. The van der Waals surface area contributed by atoms with E-state index < -0.39 is 20.8 Å². The number of hydrogen-bond acceptors (Lipinski definition) is 11. The Hall–Kier alpha value is -1.84. The fourth-order valence-electron chi connectivity index (χ4n) is 0.993. The van der Waals surface area contributed by atoms with Gasteiger partial charge < -0.3 is 9.11 Å². The number of carbonyl (C=O) groups is 2. The predicted molar refractivity (Wildman–Crippen MR) is 77.5 cm³/mol. The fourth-order valence-corrected chi connectivity index (χ4v) is 1.81. The topological polar surface area (TPSA) is 193 Å². The van der Waals surface area contributed by atoms with Crippen LogP contribution in [-0.4, -0.2) is 56.9 Å². The zero-order chi connectivity index (χ0) is 19.7. The Morgan fingerprint density at radius 2 is 1.15 bits per heavy atom. The van der Waals surface area contributed by atoms with Crippen LogP contribution in [0.25, 0.3) is 0 Å². The summed E-state index contributed by atoms with van der Waals surface area (Å²) in [5.74, 6) is -0.0231. The van der Waals surface area contributed by atoms with Crippen molar-refractivity contribution in [3.05, 3.63) is 37.4 Å². The van der Waals surface area contributed by atoms with Gasteiger partial charge in [-0.1, -0.05) is 0 Å². The summed E-state index contributed by atoms with van der Waals surface area (Å²) in [5.41, 5.74) is 0. The molecule has 0 saturated heterocycles. The Balaban J connectivity index is 0. The molecule has 0 aliphatic heterocycles. The summed E-state index contributed by atoms with van der Waals surface area (Å²) in [6.07, 6.45) is 9.32. The van der Waals surface area contributed by atoms with E-state index in [9.17, 15) is 35.5 Å². The van der Waals surface area contributed by atoms with E-state index in [1.165, 1.54) is 35.6 Å². The van der Waals surface area contributed by atoms with Gasteiger partial charge in [-0.05, 0) is 0 Å². The number of aromatic nitrogens is 4. The first-order valence-corrected chi connectivity index (χ1v) is 8.59. The van der Waals surface area contributed by atoms with Gasteiger partial charge in [0, 0.05) is 38.6 Å². The first kappa shape index (κ1) is 26.4.